The molecule has 0 aliphatic rings. The Morgan fingerprint density at radius 3 is 2.72 bits per heavy atom. The summed E-state index contributed by atoms with van der Waals surface area (Å²) < 4.78 is 1.98. The van der Waals surface area contributed by atoms with Gasteiger partial charge in [0.1, 0.15) is 5.82 Å². The maximum Gasteiger partial charge on any atom is 0.146 e. The number of nitrogens with zero attached hydrogens (tertiary/aromatic N) is 2. The number of anilines is 1. The number of hydrogen-bond donors (Lipinski definition) is 1. The largest absolute Gasteiger partial charge is 0.398 e. The summed E-state index contributed by atoms with van der Waals surface area (Å²) in [6.07, 6.45) is 1.87. The second-order valence-corrected chi connectivity index (χ2v) is 4.63. The maximum absolute atomic E-state index is 6.22. The van der Waals surface area contributed by atoms with Crippen LogP contribution in [0, 0.1) is 6.92 Å². The van der Waals surface area contributed by atoms with Crippen LogP contribution < -0.4 is 5.73 Å². The van der Waals surface area contributed by atoms with Gasteiger partial charge in [0.05, 0.1) is 16.2 Å². The summed E-state index contributed by atoms with van der Waals surface area (Å²) in [5.41, 5.74) is 9.45. The SMILES string of the molecule is Cc1nc(-c2ccccc2Cl)n2cc(N)ccc12. The molecule has 0 fully saturated rings. The third-order valence-corrected chi connectivity index (χ3v) is 3.29. The summed E-state index contributed by atoms with van der Waals surface area (Å²) in [6.45, 7) is 1.98. The van der Waals surface area contributed by atoms with Crippen LogP contribution in [0.25, 0.3) is 16.9 Å². The van der Waals surface area contributed by atoms with Crippen LogP contribution in [0.15, 0.2) is 42.6 Å². The van der Waals surface area contributed by atoms with Crippen LogP contribution in [0.1, 0.15) is 5.69 Å². The van der Waals surface area contributed by atoms with Crippen molar-refractivity contribution < 1.29 is 0 Å². The van der Waals surface area contributed by atoms with Crippen LogP contribution in [0.3, 0.4) is 0 Å². The maximum atomic E-state index is 6.22. The zero-order valence-corrected chi connectivity index (χ0v) is 10.6. The van der Waals surface area contributed by atoms with Crippen molar-refractivity contribution in [3.8, 4) is 11.4 Å². The lowest BCUT2D eigenvalue weighted by Gasteiger charge is -2.04. The highest BCUT2D eigenvalue weighted by atomic mass is 35.5. The second-order valence-electron chi connectivity index (χ2n) is 4.22. The molecule has 0 atom stereocenters. The number of pyridine rings is 1. The summed E-state index contributed by atoms with van der Waals surface area (Å²) in [4.78, 5) is 4.58. The molecule has 2 N–H and O–H groups in total. The van der Waals surface area contributed by atoms with Gasteiger partial charge in [0.15, 0.2) is 0 Å². The van der Waals surface area contributed by atoms with E-state index in [1.807, 2.05) is 53.9 Å². The predicted molar refractivity (Wildman–Crippen MR) is 74.8 cm³/mol. The first-order valence-corrected chi connectivity index (χ1v) is 6.03. The fraction of sp³-hybridized carbons (Fsp3) is 0.0714. The van der Waals surface area contributed by atoms with Gasteiger partial charge in [-0.05, 0) is 31.2 Å². The van der Waals surface area contributed by atoms with Crippen molar-refractivity contribution >= 4 is 22.8 Å². The molecule has 18 heavy (non-hydrogen) atoms. The van der Waals surface area contributed by atoms with E-state index < -0.39 is 0 Å². The van der Waals surface area contributed by atoms with Gasteiger partial charge in [-0.3, -0.25) is 4.40 Å². The monoisotopic (exact) mass is 257 g/mol. The van der Waals surface area contributed by atoms with E-state index in [1.54, 1.807) is 0 Å². The lowest BCUT2D eigenvalue weighted by molar-refractivity contribution is 1.16. The van der Waals surface area contributed by atoms with E-state index in [1.165, 1.54) is 0 Å². The number of halogens is 1. The number of aromatic nitrogens is 2. The highest BCUT2D eigenvalue weighted by Gasteiger charge is 2.12. The summed E-state index contributed by atoms with van der Waals surface area (Å²) in [5.74, 6) is 0.820. The molecular weight excluding hydrogens is 246 g/mol. The van der Waals surface area contributed by atoms with Crippen molar-refractivity contribution in [2.45, 2.75) is 6.92 Å². The van der Waals surface area contributed by atoms with Crippen LogP contribution in [0.2, 0.25) is 5.02 Å². The molecule has 3 aromatic rings. The van der Waals surface area contributed by atoms with Gasteiger partial charge < -0.3 is 5.73 Å². The molecule has 3 nitrogen and oxygen atoms in total. The molecule has 1 aromatic carbocycles. The summed E-state index contributed by atoms with van der Waals surface area (Å²) in [5, 5.41) is 0.687. The van der Waals surface area contributed by atoms with Crippen LogP contribution in [-0.4, -0.2) is 9.38 Å². The lowest BCUT2D eigenvalue weighted by atomic mass is 10.2. The molecule has 2 aromatic heterocycles. The molecule has 0 saturated heterocycles. The van der Waals surface area contributed by atoms with Gasteiger partial charge in [-0.2, -0.15) is 0 Å². The predicted octanol–water partition coefficient (Wildman–Crippen LogP) is 3.55. The quantitative estimate of drug-likeness (QED) is 0.725. The van der Waals surface area contributed by atoms with Gasteiger partial charge in [0.25, 0.3) is 0 Å². The normalized spacial score (nSPS) is 11.0. The zero-order valence-electron chi connectivity index (χ0n) is 9.89. The summed E-state index contributed by atoms with van der Waals surface area (Å²) in [6, 6.07) is 11.5. The van der Waals surface area contributed by atoms with Crippen LogP contribution in [0.5, 0.6) is 0 Å². The minimum Gasteiger partial charge on any atom is -0.398 e. The minimum atomic E-state index is 0.687. The molecule has 0 bridgehead atoms. The highest BCUT2D eigenvalue weighted by Crippen LogP contribution is 2.29. The van der Waals surface area contributed by atoms with Gasteiger partial charge in [-0.1, -0.05) is 23.7 Å². The van der Waals surface area contributed by atoms with E-state index in [0.717, 1.165) is 22.6 Å². The molecule has 0 unspecified atom stereocenters. The molecule has 4 heteroatoms. The number of nitrogens with two attached hydrogens (primary N) is 1. The van der Waals surface area contributed by atoms with Gasteiger partial charge in [-0.25, -0.2) is 4.98 Å². The van der Waals surface area contributed by atoms with Crippen molar-refractivity contribution in [3.63, 3.8) is 0 Å². The number of aryl methyl sites for hydroxylation is 1. The Morgan fingerprint density at radius 2 is 1.94 bits per heavy atom. The first-order valence-electron chi connectivity index (χ1n) is 5.66. The van der Waals surface area contributed by atoms with Gasteiger partial charge in [0, 0.05) is 17.4 Å². The average molecular weight is 258 g/mol. The number of imidazole rings is 1. The molecule has 0 aliphatic heterocycles. The van der Waals surface area contributed by atoms with E-state index in [-0.39, 0.29) is 0 Å². The average Bonchev–Trinajstić information content (AvgIpc) is 2.67. The molecule has 3 rings (SSSR count). The van der Waals surface area contributed by atoms with Gasteiger partial charge in [-0.15, -0.1) is 0 Å². The molecule has 0 amide bonds. The minimum absolute atomic E-state index is 0.687. The Labute approximate surface area is 110 Å². The van der Waals surface area contributed by atoms with E-state index in [9.17, 15) is 0 Å². The fourth-order valence-corrected chi connectivity index (χ4v) is 2.31. The van der Waals surface area contributed by atoms with Crippen LogP contribution in [-0.2, 0) is 0 Å². The van der Waals surface area contributed by atoms with Crippen molar-refractivity contribution in [1.29, 1.82) is 0 Å². The Morgan fingerprint density at radius 1 is 1.17 bits per heavy atom. The number of nitrogen functional groups attached to an aromatic ring is 1. The smallest absolute Gasteiger partial charge is 0.146 e. The third kappa shape index (κ3) is 1.64. The third-order valence-electron chi connectivity index (χ3n) is 2.96. The van der Waals surface area contributed by atoms with E-state index in [2.05, 4.69) is 4.98 Å². The Bertz CT molecular complexity index is 731. The fourth-order valence-electron chi connectivity index (χ4n) is 2.09. The Hall–Kier alpha value is -2.00. The van der Waals surface area contributed by atoms with Crippen LogP contribution in [0.4, 0.5) is 5.69 Å². The van der Waals surface area contributed by atoms with Crippen molar-refractivity contribution in [1.82, 2.24) is 9.38 Å². The van der Waals surface area contributed by atoms with Gasteiger partial charge in [0.2, 0.25) is 0 Å². The van der Waals surface area contributed by atoms with Gasteiger partial charge >= 0.3 is 0 Å². The summed E-state index contributed by atoms with van der Waals surface area (Å²) >= 11 is 6.22. The number of benzene rings is 1. The van der Waals surface area contributed by atoms with Crippen molar-refractivity contribution in [2.75, 3.05) is 5.73 Å². The van der Waals surface area contributed by atoms with Crippen LogP contribution >= 0.6 is 11.6 Å². The van der Waals surface area contributed by atoms with E-state index in [0.29, 0.717) is 10.7 Å². The first-order chi connectivity index (χ1) is 8.66. The highest BCUT2D eigenvalue weighted by molar-refractivity contribution is 6.33. The molecular formula is C14H12ClN3. The number of rotatable bonds is 1. The molecule has 0 aliphatic carbocycles. The Kier molecular flexibility index (Phi) is 2.49. The Balaban J connectivity index is 2.36. The number of fused-ring (bicyclic) bond motifs is 1. The van der Waals surface area contributed by atoms with E-state index >= 15 is 0 Å². The number of hydrogen-bond acceptors (Lipinski definition) is 2. The van der Waals surface area contributed by atoms with Crippen molar-refractivity contribution in [2.24, 2.45) is 0 Å². The zero-order chi connectivity index (χ0) is 12.7. The first kappa shape index (κ1) is 11.1. The standard InChI is InChI=1S/C14H12ClN3/c1-9-13-7-6-10(16)8-18(13)14(17-9)11-4-2-3-5-12(11)15/h2-8H,16H2,1H3. The summed E-state index contributed by atoms with van der Waals surface area (Å²) in [7, 11) is 0. The second kappa shape index (κ2) is 4.03. The molecule has 0 saturated carbocycles. The molecule has 0 spiro atoms. The molecule has 90 valence electrons. The molecule has 2 heterocycles. The topological polar surface area (TPSA) is 43.3 Å². The van der Waals surface area contributed by atoms with E-state index in [4.69, 9.17) is 17.3 Å². The van der Waals surface area contributed by atoms with Crippen molar-refractivity contribution in [3.05, 3.63) is 53.3 Å². The lowest BCUT2D eigenvalue weighted by Crippen LogP contribution is -1.93. The molecule has 0 radical (unpaired) electrons.